The fourth-order valence-corrected chi connectivity index (χ4v) is 2.42. The van der Waals surface area contributed by atoms with E-state index >= 15 is 0 Å². The maximum Gasteiger partial charge on any atom is 0.348 e. The zero-order chi connectivity index (χ0) is 14.7. The average molecular weight is 332 g/mol. The van der Waals surface area contributed by atoms with Crippen LogP contribution in [-0.2, 0) is 11.3 Å². The van der Waals surface area contributed by atoms with Crippen molar-refractivity contribution in [2.24, 2.45) is 0 Å². The van der Waals surface area contributed by atoms with Gasteiger partial charge < -0.3 is 4.74 Å². The highest BCUT2D eigenvalue weighted by atomic mass is 35.5. The molecule has 0 amide bonds. The van der Waals surface area contributed by atoms with E-state index in [1.807, 2.05) is 0 Å². The lowest BCUT2D eigenvalue weighted by Crippen LogP contribution is -2.03. The number of ether oxygens (including phenoxy) is 1. The van der Waals surface area contributed by atoms with Crippen molar-refractivity contribution in [3.63, 3.8) is 0 Å². The lowest BCUT2D eigenvalue weighted by atomic mass is 10.2. The third-order valence-corrected chi connectivity index (χ3v) is 4.08. The fourth-order valence-electron chi connectivity index (χ4n) is 1.38. The Hall–Kier alpha value is -1.63. The molecule has 1 heterocycles. The van der Waals surface area contributed by atoms with Gasteiger partial charge in [-0.05, 0) is 23.8 Å². The SMILES string of the molecule is O=C(OCc1ccc(Cl)c(Cl)c1)c1ccc([N+](=O)[O-])s1. The van der Waals surface area contributed by atoms with Crippen LogP contribution in [0.1, 0.15) is 15.2 Å². The molecule has 0 fully saturated rings. The van der Waals surface area contributed by atoms with Crippen molar-refractivity contribution in [2.75, 3.05) is 0 Å². The second-order valence-electron chi connectivity index (χ2n) is 3.72. The number of rotatable bonds is 4. The number of thiophene rings is 1. The Morgan fingerprint density at radius 3 is 2.60 bits per heavy atom. The highest BCUT2D eigenvalue weighted by molar-refractivity contribution is 7.17. The molecule has 20 heavy (non-hydrogen) atoms. The first-order chi connectivity index (χ1) is 9.47. The summed E-state index contributed by atoms with van der Waals surface area (Å²) in [6, 6.07) is 7.50. The average Bonchev–Trinajstić information content (AvgIpc) is 2.89. The Kier molecular flexibility index (Phi) is 4.59. The zero-order valence-corrected chi connectivity index (χ0v) is 12.2. The predicted molar refractivity (Wildman–Crippen MR) is 76.6 cm³/mol. The molecule has 1 aromatic carbocycles. The number of carbonyl (C=O) groups is 1. The molecule has 2 aromatic rings. The first kappa shape index (κ1) is 14.8. The summed E-state index contributed by atoms with van der Waals surface area (Å²) in [4.78, 5) is 21.9. The maximum atomic E-state index is 11.7. The van der Waals surface area contributed by atoms with Gasteiger partial charge in [-0.15, -0.1) is 0 Å². The zero-order valence-electron chi connectivity index (χ0n) is 9.84. The Morgan fingerprint density at radius 1 is 1.25 bits per heavy atom. The van der Waals surface area contributed by atoms with E-state index in [1.54, 1.807) is 18.2 Å². The molecule has 104 valence electrons. The smallest absolute Gasteiger partial charge is 0.348 e. The molecule has 0 radical (unpaired) electrons. The molecule has 1 aromatic heterocycles. The van der Waals surface area contributed by atoms with Crippen LogP contribution in [0.3, 0.4) is 0 Å². The van der Waals surface area contributed by atoms with E-state index in [0.29, 0.717) is 15.6 Å². The third-order valence-electron chi connectivity index (χ3n) is 2.33. The number of hydrogen-bond donors (Lipinski definition) is 0. The quantitative estimate of drug-likeness (QED) is 0.475. The summed E-state index contributed by atoms with van der Waals surface area (Å²) >= 11 is 12.4. The summed E-state index contributed by atoms with van der Waals surface area (Å²) in [6.07, 6.45) is 0. The summed E-state index contributed by atoms with van der Waals surface area (Å²) in [5, 5.41) is 11.2. The van der Waals surface area contributed by atoms with Gasteiger partial charge in [0.1, 0.15) is 11.5 Å². The van der Waals surface area contributed by atoms with Gasteiger partial charge in [-0.25, -0.2) is 4.79 Å². The molecule has 0 aliphatic carbocycles. The highest BCUT2D eigenvalue weighted by Gasteiger charge is 2.16. The van der Waals surface area contributed by atoms with Crippen molar-refractivity contribution in [3.8, 4) is 0 Å². The lowest BCUT2D eigenvalue weighted by Gasteiger charge is -2.04. The van der Waals surface area contributed by atoms with Crippen LogP contribution < -0.4 is 0 Å². The van der Waals surface area contributed by atoms with E-state index in [2.05, 4.69) is 0 Å². The van der Waals surface area contributed by atoms with Crippen LogP contribution in [0.15, 0.2) is 30.3 Å². The van der Waals surface area contributed by atoms with Gasteiger partial charge >= 0.3 is 11.0 Å². The molecular weight excluding hydrogens is 325 g/mol. The van der Waals surface area contributed by atoms with Crippen LogP contribution in [0.5, 0.6) is 0 Å². The van der Waals surface area contributed by atoms with Crippen LogP contribution in [-0.4, -0.2) is 10.9 Å². The largest absolute Gasteiger partial charge is 0.457 e. The third kappa shape index (κ3) is 3.47. The Morgan fingerprint density at radius 2 is 2.00 bits per heavy atom. The summed E-state index contributed by atoms with van der Waals surface area (Å²) in [7, 11) is 0. The summed E-state index contributed by atoms with van der Waals surface area (Å²) in [5.74, 6) is -0.617. The fraction of sp³-hybridized carbons (Fsp3) is 0.0833. The van der Waals surface area contributed by atoms with Gasteiger partial charge in [0.15, 0.2) is 0 Å². The van der Waals surface area contributed by atoms with E-state index < -0.39 is 10.9 Å². The molecule has 0 bridgehead atoms. The van der Waals surface area contributed by atoms with Crippen molar-refractivity contribution in [2.45, 2.75) is 6.61 Å². The second kappa shape index (κ2) is 6.21. The number of halogens is 2. The summed E-state index contributed by atoms with van der Waals surface area (Å²) in [5.41, 5.74) is 0.679. The van der Waals surface area contributed by atoms with Crippen molar-refractivity contribution >= 4 is 45.5 Å². The van der Waals surface area contributed by atoms with Crippen molar-refractivity contribution in [3.05, 3.63) is 60.9 Å². The normalized spacial score (nSPS) is 10.3. The number of nitro groups is 1. The number of carbonyl (C=O) groups excluding carboxylic acids is 1. The van der Waals surface area contributed by atoms with Crippen LogP contribution in [0.2, 0.25) is 10.0 Å². The maximum absolute atomic E-state index is 11.7. The topological polar surface area (TPSA) is 69.4 Å². The van der Waals surface area contributed by atoms with Gasteiger partial charge in [-0.1, -0.05) is 40.6 Å². The van der Waals surface area contributed by atoms with E-state index in [9.17, 15) is 14.9 Å². The van der Waals surface area contributed by atoms with Crippen LogP contribution in [0, 0.1) is 10.1 Å². The summed E-state index contributed by atoms with van der Waals surface area (Å²) < 4.78 is 5.05. The Balaban J connectivity index is 2.00. The van der Waals surface area contributed by atoms with Gasteiger partial charge in [0.25, 0.3) is 0 Å². The van der Waals surface area contributed by atoms with Crippen LogP contribution >= 0.6 is 34.5 Å². The molecule has 0 saturated heterocycles. The van der Waals surface area contributed by atoms with E-state index in [0.717, 1.165) is 11.3 Å². The molecule has 2 rings (SSSR count). The highest BCUT2D eigenvalue weighted by Crippen LogP contribution is 2.26. The van der Waals surface area contributed by atoms with E-state index in [1.165, 1.54) is 12.1 Å². The Labute approximate surface area is 127 Å². The molecule has 0 N–H and O–H groups in total. The monoisotopic (exact) mass is 331 g/mol. The minimum Gasteiger partial charge on any atom is -0.457 e. The van der Waals surface area contributed by atoms with Crippen LogP contribution in [0.25, 0.3) is 0 Å². The number of hydrogen-bond acceptors (Lipinski definition) is 5. The molecule has 0 saturated carbocycles. The number of esters is 1. The van der Waals surface area contributed by atoms with Gasteiger partial charge in [0, 0.05) is 6.07 Å². The van der Waals surface area contributed by atoms with Gasteiger partial charge in [-0.2, -0.15) is 0 Å². The first-order valence-electron chi connectivity index (χ1n) is 5.32. The second-order valence-corrected chi connectivity index (χ2v) is 5.60. The van der Waals surface area contributed by atoms with Crippen molar-refractivity contribution < 1.29 is 14.5 Å². The minimum atomic E-state index is -0.617. The molecule has 0 unspecified atom stereocenters. The first-order valence-corrected chi connectivity index (χ1v) is 6.90. The van der Waals surface area contributed by atoms with Crippen LogP contribution in [0.4, 0.5) is 5.00 Å². The van der Waals surface area contributed by atoms with Crippen molar-refractivity contribution in [1.29, 1.82) is 0 Å². The lowest BCUT2D eigenvalue weighted by molar-refractivity contribution is -0.380. The van der Waals surface area contributed by atoms with Gasteiger partial charge in [0.05, 0.1) is 15.0 Å². The molecule has 5 nitrogen and oxygen atoms in total. The number of benzene rings is 1. The molecule has 8 heteroatoms. The number of nitrogens with zero attached hydrogens (tertiary/aromatic N) is 1. The molecular formula is C12H7Cl2NO4S. The molecule has 0 spiro atoms. The standard InChI is InChI=1S/C12H7Cl2NO4S/c13-8-2-1-7(5-9(8)14)6-19-12(16)10-3-4-11(20-10)15(17)18/h1-5H,6H2. The van der Waals surface area contributed by atoms with E-state index in [4.69, 9.17) is 27.9 Å². The van der Waals surface area contributed by atoms with Gasteiger partial charge in [0.2, 0.25) is 0 Å². The Bertz CT molecular complexity index is 671. The summed E-state index contributed by atoms with van der Waals surface area (Å²) in [6.45, 7) is 0.0153. The van der Waals surface area contributed by atoms with Crippen molar-refractivity contribution in [1.82, 2.24) is 0 Å². The van der Waals surface area contributed by atoms with Gasteiger partial charge in [-0.3, -0.25) is 10.1 Å². The molecule has 0 atom stereocenters. The molecule has 0 aliphatic rings. The molecule has 0 aliphatic heterocycles. The van der Waals surface area contributed by atoms with E-state index in [-0.39, 0.29) is 16.5 Å². The minimum absolute atomic E-state index is 0.0153. The predicted octanol–water partition coefficient (Wildman–Crippen LogP) is 4.32.